The molecule has 0 aromatic heterocycles. The number of hydrazine groups is 1. The zero-order valence-electron chi connectivity index (χ0n) is 17.5. The zero-order chi connectivity index (χ0) is 24.3. The average Bonchev–Trinajstić information content (AvgIpc) is 2.97. The molecule has 4 amide bonds. The largest absolute Gasteiger partial charge is 0.425 e. The van der Waals surface area contributed by atoms with Gasteiger partial charge in [0.05, 0.1) is 12.5 Å². The number of hydrogen-bond donors (Lipinski definition) is 4. The van der Waals surface area contributed by atoms with E-state index in [0.717, 1.165) is 4.90 Å². The first-order valence-corrected chi connectivity index (χ1v) is 11.2. The molecule has 3 atom stereocenters. The first-order chi connectivity index (χ1) is 15.4. The number of ether oxygens (including phenoxy) is 1. The molecule has 2 bridgehead atoms. The summed E-state index contributed by atoms with van der Waals surface area (Å²) in [7, 11) is -4.89. The molecule has 2 fully saturated rings. The fourth-order valence-corrected chi connectivity index (χ4v) is 3.82. The highest BCUT2D eigenvalue weighted by Crippen LogP contribution is 2.30. The molecule has 3 rings (SSSR count). The Balaban J connectivity index is 1.49. The molecule has 0 saturated carbocycles. The highest BCUT2D eigenvalue weighted by molar-refractivity contribution is 7.80. The van der Waals surface area contributed by atoms with E-state index < -0.39 is 52.3 Å². The van der Waals surface area contributed by atoms with E-state index in [2.05, 4.69) is 15.1 Å². The number of carbonyl (C=O) groups excluding carboxylic acids is 4. The smallest absolute Gasteiger partial charge is 0.418 e. The third-order valence-electron chi connectivity index (χ3n) is 5.00. The maximum absolute atomic E-state index is 12.5. The van der Waals surface area contributed by atoms with Gasteiger partial charge < -0.3 is 15.4 Å². The number of rotatable bonds is 7. The van der Waals surface area contributed by atoms with Crippen LogP contribution in [0.15, 0.2) is 24.3 Å². The van der Waals surface area contributed by atoms with Gasteiger partial charge in [-0.2, -0.15) is 13.5 Å². The molecular formula is C18H23N5O9S. The molecule has 33 heavy (non-hydrogen) atoms. The minimum Gasteiger partial charge on any atom is -0.425 e. The normalized spacial score (nSPS) is 20.9. The van der Waals surface area contributed by atoms with Gasteiger partial charge in [0.15, 0.2) is 0 Å². The summed E-state index contributed by atoms with van der Waals surface area (Å²) in [5, 5.41) is 0.524. The Bertz CT molecular complexity index is 1040. The van der Waals surface area contributed by atoms with Crippen LogP contribution in [-0.4, -0.2) is 71.4 Å². The standard InChI is InChI=1S/C18H23N5O9S/c1-10(19)17(26)31-13-5-2-11(3-6-13)8-15(24)20-21-16(25)14-7-4-12-9-22(14)18(27)23(12)32-33(28,29)30/h2-3,5-6,10,12,14H,4,7-9,19H2,1H3,(H,20,24)(H,21,25)(H,28,29,30)/t10?,12-,14+/m1/s1. The molecule has 0 radical (unpaired) electrons. The van der Waals surface area contributed by atoms with Crippen molar-refractivity contribution in [2.24, 2.45) is 5.73 Å². The monoisotopic (exact) mass is 485 g/mol. The number of nitrogens with one attached hydrogen (secondary N) is 2. The number of urea groups is 1. The lowest BCUT2D eigenvalue weighted by Crippen LogP contribution is -2.54. The third-order valence-corrected chi connectivity index (χ3v) is 5.35. The summed E-state index contributed by atoms with van der Waals surface area (Å²) in [6, 6.07) is 2.89. The Labute approximate surface area is 188 Å². The van der Waals surface area contributed by atoms with E-state index >= 15 is 0 Å². The number of nitrogens with zero attached hydrogens (tertiary/aromatic N) is 2. The molecule has 1 aromatic carbocycles. The van der Waals surface area contributed by atoms with Crippen molar-refractivity contribution in [2.45, 2.75) is 44.3 Å². The van der Waals surface area contributed by atoms with Gasteiger partial charge in [-0.25, -0.2) is 9.59 Å². The second kappa shape index (κ2) is 9.70. The van der Waals surface area contributed by atoms with E-state index in [1.807, 2.05) is 0 Å². The van der Waals surface area contributed by atoms with Crippen LogP contribution in [0.4, 0.5) is 4.79 Å². The second-order valence-electron chi connectivity index (χ2n) is 7.58. The van der Waals surface area contributed by atoms with Gasteiger partial charge in [0.25, 0.3) is 5.91 Å². The van der Waals surface area contributed by atoms with Crippen molar-refractivity contribution in [3.05, 3.63) is 29.8 Å². The minimum atomic E-state index is -4.89. The quantitative estimate of drug-likeness (QED) is 0.155. The minimum absolute atomic E-state index is 0.0280. The Morgan fingerprint density at radius 1 is 1.21 bits per heavy atom. The third kappa shape index (κ3) is 6.16. The number of hydroxylamine groups is 2. The first-order valence-electron chi connectivity index (χ1n) is 9.86. The van der Waals surface area contributed by atoms with E-state index in [1.54, 1.807) is 12.1 Å². The molecule has 2 heterocycles. The van der Waals surface area contributed by atoms with Crippen molar-refractivity contribution in [3.8, 4) is 5.75 Å². The summed E-state index contributed by atoms with van der Waals surface area (Å²) in [5.74, 6) is -1.53. The molecule has 180 valence electrons. The number of esters is 1. The molecular weight excluding hydrogens is 462 g/mol. The van der Waals surface area contributed by atoms with Crippen LogP contribution in [-0.2, 0) is 35.5 Å². The van der Waals surface area contributed by atoms with Crippen LogP contribution >= 0.6 is 0 Å². The molecule has 5 N–H and O–H groups in total. The highest BCUT2D eigenvalue weighted by Gasteiger charge is 2.49. The number of fused-ring (bicyclic) bond motifs is 2. The summed E-state index contributed by atoms with van der Waals surface area (Å²) in [6.45, 7) is 1.52. The van der Waals surface area contributed by atoms with E-state index in [1.165, 1.54) is 19.1 Å². The molecule has 1 aromatic rings. The maximum atomic E-state index is 12.5. The Morgan fingerprint density at radius 3 is 2.48 bits per heavy atom. The van der Waals surface area contributed by atoms with Crippen LogP contribution in [0.2, 0.25) is 0 Å². The van der Waals surface area contributed by atoms with Gasteiger partial charge >= 0.3 is 22.4 Å². The Hall–Kier alpha value is -3.27. The summed E-state index contributed by atoms with van der Waals surface area (Å²) < 4.78 is 40.0. The van der Waals surface area contributed by atoms with E-state index in [9.17, 15) is 27.6 Å². The lowest BCUT2D eigenvalue weighted by molar-refractivity contribution is -0.135. The zero-order valence-corrected chi connectivity index (χ0v) is 18.3. The molecule has 1 unspecified atom stereocenters. The summed E-state index contributed by atoms with van der Waals surface area (Å²) >= 11 is 0. The number of benzene rings is 1. The van der Waals surface area contributed by atoms with E-state index in [4.69, 9.17) is 15.0 Å². The first kappa shape index (κ1) is 24.4. The van der Waals surface area contributed by atoms with Crippen molar-refractivity contribution in [3.63, 3.8) is 0 Å². The molecule has 0 spiro atoms. The number of hydrogen-bond acceptors (Lipinski definition) is 9. The van der Waals surface area contributed by atoms with Crippen LogP contribution in [0.25, 0.3) is 0 Å². The van der Waals surface area contributed by atoms with Crippen molar-refractivity contribution in [2.75, 3.05) is 6.54 Å². The van der Waals surface area contributed by atoms with Crippen molar-refractivity contribution >= 4 is 34.2 Å². The molecule has 15 heteroatoms. The average molecular weight is 485 g/mol. The van der Waals surface area contributed by atoms with Crippen LogP contribution in [0.1, 0.15) is 25.3 Å². The van der Waals surface area contributed by atoms with Crippen LogP contribution in [0.5, 0.6) is 5.75 Å². The lowest BCUT2D eigenvalue weighted by Gasteiger charge is -2.29. The van der Waals surface area contributed by atoms with E-state index in [-0.39, 0.29) is 31.6 Å². The number of nitrogens with two attached hydrogens (primary N) is 1. The SMILES string of the molecule is CC(N)C(=O)Oc1ccc(CC(=O)NNC(=O)[C@@H]2CC[C@@H]3CN2C(=O)N3OS(=O)(=O)O)cc1. The number of piperidine rings is 1. The molecule has 2 saturated heterocycles. The molecule has 2 aliphatic heterocycles. The van der Waals surface area contributed by atoms with Crippen molar-refractivity contribution in [1.82, 2.24) is 20.8 Å². The van der Waals surface area contributed by atoms with Crippen molar-refractivity contribution in [1.29, 1.82) is 0 Å². The molecule has 2 aliphatic rings. The van der Waals surface area contributed by atoms with Gasteiger partial charge in [-0.3, -0.25) is 25.0 Å². The van der Waals surface area contributed by atoms with Crippen LogP contribution in [0, 0.1) is 0 Å². The molecule has 0 aliphatic carbocycles. The van der Waals surface area contributed by atoms with Gasteiger partial charge in [-0.05, 0) is 37.5 Å². The number of carbonyl (C=O) groups is 4. The lowest BCUT2D eigenvalue weighted by atomic mass is 10.0. The predicted molar refractivity (Wildman–Crippen MR) is 109 cm³/mol. The van der Waals surface area contributed by atoms with Gasteiger partial charge in [0.2, 0.25) is 5.91 Å². The summed E-state index contributed by atoms with van der Waals surface area (Å²) in [4.78, 5) is 49.5. The van der Waals surface area contributed by atoms with Gasteiger partial charge in [0, 0.05) is 6.54 Å². The highest BCUT2D eigenvalue weighted by atomic mass is 32.3. The van der Waals surface area contributed by atoms with E-state index in [0.29, 0.717) is 10.6 Å². The Morgan fingerprint density at radius 2 is 1.88 bits per heavy atom. The maximum Gasteiger partial charge on any atom is 0.418 e. The number of amides is 4. The fraction of sp³-hybridized carbons (Fsp3) is 0.444. The van der Waals surface area contributed by atoms with Crippen LogP contribution < -0.4 is 21.3 Å². The summed E-state index contributed by atoms with van der Waals surface area (Å²) in [6.07, 6.45) is 0.363. The van der Waals surface area contributed by atoms with Gasteiger partial charge in [-0.15, -0.1) is 4.28 Å². The predicted octanol–water partition coefficient (Wildman–Crippen LogP) is -1.37. The molecule has 14 nitrogen and oxygen atoms in total. The van der Waals surface area contributed by atoms with Gasteiger partial charge in [-0.1, -0.05) is 12.1 Å². The fourth-order valence-electron chi connectivity index (χ4n) is 3.43. The summed E-state index contributed by atoms with van der Waals surface area (Å²) in [5.41, 5.74) is 10.5. The van der Waals surface area contributed by atoms with Gasteiger partial charge in [0.1, 0.15) is 17.8 Å². The van der Waals surface area contributed by atoms with Crippen LogP contribution in [0.3, 0.4) is 0 Å². The Kier molecular flexibility index (Phi) is 7.16. The second-order valence-corrected chi connectivity index (χ2v) is 8.58. The topological polar surface area (TPSA) is 198 Å². The van der Waals surface area contributed by atoms with Crippen molar-refractivity contribution < 1.29 is 41.2 Å².